The van der Waals surface area contributed by atoms with Crippen LogP contribution in [0.5, 0.6) is 5.75 Å². The molecule has 4 heteroatoms. The Kier molecular flexibility index (Phi) is 2.70. The molecule has 0 fully saturated rings. The average molecular weight is 229 g/mol. The maximum atomic E-state index is 10.9. The molecule has 0 spiro atoms. The van der Waals surface area contributed by atoms with E-state index in [1.165, 1.54) is 18.2 Å². The smallest absolute Gasteiger partial charge is 0.335 e. The number of nitrogen functional groups attached to an aromatic ring is 1. The fraction of sp³-hybridized carbons (Fsp3) is 0. The number of carboxylic acids is 1. The minimum Gasteiger partial charge on any atom is -0.507 e. The Morgan fingerprint density at radius 1 is 1.12 bits per heavy atom. The summed E-state index contributed by atoms with van der Waals surface area (Å²) < 4.78 is 0. The van der Waals surface area contributed by atoms with E-state index in [0.29, 0.717) is 16.8 Å². The molecule has 17 heavy (non-hydrogen) atoms. The molecule has 2 rings (SSSR count). The molecule has 0 aliphatic rings. The van der Waals surface area contributed by atoms with Crippen LogP contribution in [0.2, 0.25) is 0 Å². The minimum atomic E-state index is -1.03. The number of hydrogen-bond acceptors (Lipinski definition) is 3. The van der Waals surface area contributed by atoms with Crippen LogP contribution in [-0.2, 0) is 0 Å². The average Bonchev–Trinajstić information content (AvgIpc) is 2.29. The predicted molar refractivity (Wildman–Crippen MR) is 64.9 cm³/mol. The molecule has 0 amide bonds. The highest BCUT2D eigenvalue weighted by Gasteiger charge is 2.09. The SMILES string of the molecule is Nc1cccc(-c2cc(C(=O)O)ccc2O)c1. The summed E-state index contributed by atoms with van der Waals surface area (Å²) in [6.45, 7) is 0. The highest BCUT2D eigenvalue weighted by atomic mass is 16.4. The lowest BCUT2D eigenvalue weighted by Crippen LogP contribution is -1.96. The van der Waals surface area contributed by atoms with E-state index >= 15 is 0 Å². The monoisotopic (exact) mass is 229 g/mol. The van der Waals surface area contributed by atoms with Crippen LogP contribution >= 0.6 is 0 Å². The van der Waals surface area contributed by atoms with Gasteiger partial charge in [-0.25, -0.2) is 4.79 Å². The summed E-state index contributed by atoms with van der Waals surface area (Å²) in [6, 6.07) is 11.1. The molecule has 0 atom stereocenters. The summed E-state index contributed by atoms with van der Waals surface area (Å²) in [7, 11) is 0. The van der Waals surface area contributed by atoms with Gasteiger partial charge in [0.1, 0.15) is 5.75 Å². The van der Waals surface area contributed by atoms with Crippen molar-refractivity contribution in [2.24, 2.45) is 0 Å². The maximum Gasteiger partial charge on any atom is 0.335 e. The van der Waals surface area contributed by atoms with E-state index in [9.17, 15) is 9.90 Å². The highest BCUT2D eigenvalue weighted by molar-refractivity contribution is 5.90. The molecule has 86 valence electrons. The molecule has 2 aromatic rings. The first kappa shape index (κ1) is 11.0. The Morgan fingerprint density at radius 2 is 1.88 bits per heavy atom. The van der Waals surface area contributed by atoms with Crippen LogP contribution < -0.4 is 5.73 Å². The topological polar surface area (TPSA) is 83.6 Å². The van der Waals surface area contributed by atoms with Crippen molar-refractivity contribution in [3.63, 3.8) is 0 Å². The van der Waals surface area contributed by atoms with Gasteiger partial charge in [0.2, 0.25) is 0 Å². The van der Waals surface area contributed by atoms with Crippen molar-refractivity contribution in [1.29, 1.82) is 0 Å². The lowest BCUT2D eigenvalue weighted by atomic mass is 10.0. The zero-order valence-corrected chi connectivity index (χ0v) is 8.92. The molecule has 0 radical (unpaired) electrons. The molecule has 0 aliphatic heterocycles. The van der Waals surface area contributed by atoms with Crippen LogP contribution in [0.4, 0.5) is 5.69 Å². The highest BCUT2D eigenvalue weighted by Crippen LogP contribution is 2.30. The van der Waals surface area contributed by atoms with Crippen molar-refractivity contribution in [3.8, 4) is 16.9 Å². The Hall–Kier alpha value is -2.49. The third-order valence-electron chi connectivity index (χ3n) is 2.44. The van der Waals surface area contributed by atoms with Gasteiger partial charge in [0.25, 0.3) is 0 Å². The van der Waals surface area contributed by atoms with Gasteiger partial charge >= 0.3 is 5.97 Å². The summed E-state index contributed by atoms with van der Waals surface area (Å²) in [5.74, 6) is -1.00. The van der Waals surface area contributed by atoms with E-state index < -0.39 is 5.97 Å². The quantitative estimate of drug-likeness (QED) is 0.690. The molecule has 0 aromatic heterocycles. The number of phenols is 1. The van der Waals surface area contributed by atoms with Crippen molar-refractivity contribution in [2.75, 3.05) is 5.73 Å². The number of benzene rings is 2. The molecule has 0 aliphatic carbocycles. The Bertz CT molecular complexity index is 579. The van der Waals surface area contributed by atoms with Crippen LogP contribution in [0.1, 0.15) is 10.4 Å². The van der Waals surface area contributed by atoms with E-state index in [-0.39, 0.29) is 11.3 Å². The summed E-state index contributed by atoms with van der Waals surface area (Å²) in [5, 5.41) is 18.6. The first-order valence-electron chi connectivity index (χ1n) is 5.00. The number of rotatable bonds is 2. The van der Waals surface area contributed by atoms with E-state index in [4.69, 9.17) is 10.8 Å². The lowest BCUT2D eigenvalue weighted by Gasteiger charge is -2.06. The summed E-state index contributed by atoms with van der Waals surface area (Å²) in [5.41, 5.74) is 7.47. The summed E-state index contributed by atoms with van der Waals surface area (Å²) >= 11 is 0. The predicted octanol–water partition coefficient (Wildman–Crippen LogP) is 2.34. The molecular weight excluding hydrogens is 218 g/mol. The van der Waals surface area contributed by atoms with Gasteiger partial charge in [-0.1, -0.05) is 12.1 Å². The number of hydrogen-bond donors (Lipinski definition) is 3. The van der Waals surface area contributed by atoms with Crippen molar-refractivity contribution >= 4 is 11.7 Å². The number of nitrogens with two attached hydrogens (primary N) is 1. The van der Waals surface area contributed by atoms with Crippen molar-refractivity contribution < 1.29 is 15.0 Å². The number of aromatic hydroxyl groups is 1. The van der Waals surface area contributed by atoms with E-state index in [2.05, 4.69) is 0 Å². The van der Waals surface area contributed by atoms with Crippen molar-refractivity contribution in [2.45, 2.75) is 0 Å². The molecule has 0 unspecified atom stereocenters. The second-order valence-corrected chi connectivity index (χ2v) is 3.66. The largest absolute Gasteiger partial charge is 0.507 e. The molecule has 0 saturated carbocycles. The molecule has 0 saturated heterocycles. The number of anilines is 1. The first-order chi connectivity index (χ1) is 8.08. The van der Waals surface area contributed by atoms with Gasteiger partial charge in [0.15, 0.2) is 0 Å². The van der Waals surface area contributed by atoms with Crippen molar-refractivity contribution in [1.82, 2.24) is 0 Å². The Labute approximate surface area is 97.9 Å². The van der Waals surface area contributed by atoms with Crippen LogP contribution in [-0.4, -0.2) is 16.2 Å². The van der Waals surface area contributed by atoms with Gasteiger partial charge in [0.05, 0.1) is 5.56 Å². The second-order valence-electron chi connectivity index (χ2n) is 3.66. The van der Waals surface area contributed by atoms with E-state index in [1.807, 2.05) is 0 Å². The molecule has 4 nitrogen and oxygen atoms in total. The molecule has 0 heterocycles. The third-order valence-corrected chi connectivity index (χ3v) is 2.44. The minimum absolute atomic E-state index is 0.0283. The maximum absolute atomic E-state index is 10.9. The number of carbonyl (C=O) groups is 1. The third kappa shape index (κ3) is 2.20. The molecule has 0 bridgehead atoms. The normalized spacial score (nSPS) is 10.1. The van der Waals surface area contributed by atoms with Crippen LogP contribution in [0.15, 0.2) is 42.5 Å². The van der Waals surface area contributed by atoms with Gasteiger partial charge in [-0.2, -0.15) is 0 Å². The number of aromatic carboxylic acids is 1. The Balaban J connectivity index is 2.58. The fourth-order valence-electron chi connectivity index (χ4n) is 1.61. The molecule has 4 N–H and O–H groups in total. The van der Waals surface area contributed by atoms with Gasteiger partial charge in [-0.3, -0.25) is 0 Å². The van der Waals surface area contributed by atoms with Crippen molar-refractivity contribution in [3.05, 3.63) is 48.0 Å². The second kappa shape index (κ2) is 4.17. The van der Waals surface area contributed by atoms with Crippen LogP contribution in [0.25, 0.3) is 11.1 Å². The number of phenolic OH excluding ortho intramolecular Hbond substituents is 1. The standard InChI is InChI=1S/C13H11NO3/c14-10-3-1-2-8(6-10)11-7-9(13(16)17)4-5-12(11)15/h1-7,15H,14H2,(H,16,17). The zero-order valence-electron chi connectivity index (χ0n) is 8.92. The first-order valence-corrected chi connectivity index (χ1v) is 5.00. The Morgan fingerprint density at radius 3 is 2.53 bits per heavy atom. The van der Waals surface area contributed by atoms with Gasteiger partial charge in [-0.15, -0.1) is 0 Å². The summed E-state index contributed by atoms with van der Waals surface area (Å²) in [4.78, 5) is 10.9. The van der Waals surface area contributed by atoms with Gasteiger partial charge in [0, 0.05) is 11.3 Å². The molecule has 2 aromatic carbocycles. The lowest BCUT2D eigenvalue weighted by molar-refractivity contribution is 0.0697. The van der Waals surface area contributed by atoms with Crippen LogP contribution in [0.3, 0.4) is 0 Å². The fourth-order valence-corrected chi connectivity index (χ4v) is 1.61. The summed E-state index contributed by atoms with van der Waals surface area (Å²) in [6.07, 6.45) is 0. The van der Waals surface area contributed by atoms with E-state index in [0.717, 1.165) is 0 Å². The van der Waals surface area contributed by atoms with Crippen LogP contribution in [0, 0.1) is 0 Å². The van der Waals surface area contributed by atoms with E-state index in [1.54, 1.807) is 24.3 Å². The van der Waals surface area contributed by atoms with Gasteiger partial charge in [-0.05, 0) is 35.9 Å². The zero-order chi connectivity index (χ0) is 12.4. The molecular formula is C13H11NO3. The number of carboxylic acid groups (broad SMARTS) is 1. The van der Waals surface area contributed by atoms with Gasteiger partial charge < -0.3 is 15.9 Å².